The summed E-state index contributed by atoms with van der Waals surface area (Å²) in [7, 11) is 0. The van der Waals surface area contributed by atoms with E-state index in [1.807, 2.05) is 0 Å². The molecule has 0 amide bonds. The average Bonchev–Trinajstić information content (AvgIpc) is 2.33. The number of allylic oxidation sites excluding steroid dienone is 4. The van der Waals surface area contributed by atoms with Gasteiger partial charge in [0.2, 0.25) is 0 Å². The summed E-state index contributed by atoms with van der Waals surface area (Å²) in [6.45, 7) is 2.12. The quantitative estimate of drug-likeness (QED) is 0.677. The summed E-state index contributed by atoms with van der Waals surface area (Å²) in [6.07, 6.45) is 5.04. The van der Waals surface area contributed by atoms with Crippen LogP contribution in [0.1, 0.15) is 18.1 Å². The van der Waals surface area contributed by atoms with Crippen LogP contribution in [0, 0.1) is 0 Å². The van der Waals surface area contributed by atoms with Crippen molar-refractivity contribution in [3.63, 3.8) is 0 Å². The van der Waals surface area contributed by atoms with Gasteiger partial charge in [0.1, 0.15) is 6.17 Å². The molecule has 0 bridgehead atoms. The molecule has 0 nitrogen and oxygen atoms in total. The van der Waals surface area contributed by atoms with Crippen LogP contribution < -0.4 is 0 Å². The van der Waals surface area contributed by atoms with Crippen LogP contribution in [0.15, 0.2) is 42.5 Å². The predicted octanol–water partition coefficient (Wildman–Crippen LogP) is 4.15. The molecular weight excluding hydrogens is 223 g/mol. The molecule has 1 aromatic carbocycles. The number of alkyl halides is 2. The lowest BCUT2D eigenvalue weighted by Crippen LogP contribution is -2.14. The molecule has 0 spiro atoms. The van der Waals surface area contributed by atoms with E-state index >= 15 is 0 Å². The summed E-state index contributed by atoms with van der Waals surface area (Å²) in [6, 6.07) is 8.29. The average molecular weight is 237 g/mol. The third-order valence-electron chi connectivity index (χ3n) is 2.80. The van der Waals surface area contributed by atoms with Crippen molar-refractivity contribution in [1.82, 2.24) is 0 Å². The highest BCUT2D eigenvalue weighted by atomic mass is 35.5. The number of hydrogen-bond acceptors (Lipinski definition) is 0. The molecule has 2 unspecified atom stereocenters. The molecule has 2 atom stereocenters. The van der Waals surface area contributed by atoms with Crippen molar-refractivity contribution >= 4 is 17.2 Å². The van der Waals surface area contributed by atoms with Gasteiger partial charge in [-0.3, -0.25) is 0 Å². The van der Waals surface area contributed by atoms with Crippen LogP contribution in [0.2, 0.25) is 0 Å². The molecule has 0 fully saturated rings. The van der Waals surface area contributed by atoms with Crippen LogP contribution in [0.5, 0.6) is 0 Å². The molecule has 1 aliphatic carbocycles. The molecule has 0 aliphatic heterocycles. The Labute approximate surface area is 100 Å². The first-order valence-corrected chi connectivity index (χ1v) is 5.92. The molecule has 0 aromatic heterocycles. The van der Waals surface area contributed by atoms with Crippen molar-refractivity contribution in [2.45, 2.75) is 24.9 Å². The minimum Gasteiger partial charge on any atom is -0.241 e. The smallest absolute Gasteiger partial charge is 0.138 e. The molecule has 2 rings (SSSR count). The molecule has 0 radical (unpaired) electrons. The lowest BCUT2D eigenvalue weighted by Gasteiger charge is -2.15. The number of aryl methyl sites for hydroxylation is 1. The molecule has 1 aromatic rings. The van der Waals surface area contributed by atoms with Crippen LogP contribution in [0.3, 0.4) is 0 Å². The van der Waals surface area contributed by atoms with Crippen LogP contribution >= 0.6 is 11.6 Å². The number of benzene rings is 1. The highest BCUT2D eigenvalue weighted by Gasteiger charge is 2.17. The zero-order chi connectivity index (χ0) is 11.5. The van der Waals surface area contributed by atoms with Gasteiger partial charge >= 0.3 is 0 Å². The fraction of sp³-hybridized carbons (Fsp3) is 0.286. The molecule has 16 heavy (non-hydrogen) atoms. The fourth-order valence-electron chi connectivity index (χ4n) is 1.75. The SMILES string of the molecule is CCc1ccc(C2=CC(Cl)C(F)C=C2)cc1. The molecule has 84 valence electrons. The minimum atomic E-state index is -1.07. The largest absolute Gasteiger partial charge is 0.241 e. The molecule has 2 heteroatoms. The number of rotatable bonds is 2. The highest BCUT2D eigenvalue weighted by molar-refractivity contribution is 6.23. The number of hydrogen-bond donors (Lipinski definition) is 0. The van der Waals surface area contributed by atoms with Crippen molar-refractivity contribution in [3.05, 3.63) is 53.6 Å². The molecule has 0 heterocycles. The maximum absolute atomic E-state index is 13.1. The Morgan fingerprint density at radius 1 is 1.25 bits per heavy atom. The molecule has 1 aliphatic rings. The lowest BCUT2D eigenvalue weighted by atomic mass is 9.97. The second-order valence-corrected chi connectivity index (χ2v) is 4.42. The van der Waals surface area contributed by atoms with Crippen LogP contribution in [0.4, 0.5) is 4.39 Å². The monoisotopic (exact) mass is 236 g/mol. The summed E-state index contributed by atoms with van der Waals surface area (Å²) in [5.41, 5.74) is 3.39. The summed E-state index contributed by atoms with van der Waals surface area (Å²) >= 11 is 5.87. The van der Waals surface area contributed by atoms with Gasteiger partial charge in [-0.25, -0.2) is 4.39 Å². The van der Waals surface area contributed by atoms with Gasteiger partial charge in [0, 0.05) is 0 Å². The Morgan fingerprint density at radius 2 is 1.94 bits per heavy atom. The van der Waals surface area contributed by atoms with Crippen LogP contribution in [0.25, 0.3) is 5.57 Å². The van der Waals surface area contributed by atoms with Gasteiger partial charge < -0.3 is 0 Å². The van der Waals surface area contributed by atoms with E-state index in [9.17, 15) is 4.39 Å². The molecular formula is C14H14ClF. The van der Waals surface area contributed by atoms with Gasteiger partial charge in [-0.2, -0.15) is 0 Å². The van der Waals surface area contributed by atoms with E-state index in [0.29, 0.717) is 0 Å². The van der Waals surface area contributed by atoms with Crippen molar-refractivity contribution in [2.24, 2.45) is 0 Å². The van der Waals surface area contributed by atoms with E-state index in [1.54, 1.807) is 12.2 Å². The Bertz CT molecular complexity index is 417. The van der Waals surface area contributed by atoms with Gasteiger partial charge in [0.25, 0.3) is 0 Å². The summed E-state index contributed by atoms with van der Waals surface area (Å²) < 4.78 is 13.1. The normalized spacial score (nSPS) is 24.3. The molecule has 0 N–H and O–H groups in total. The maximum Gasteiger partial charge on any atom is 0.138 e. The molecule has 0 saturated carbocycles. The Kier molecular flexibility index (Phi) is 3.45. The van der Waals surface area contributed by atoms with Crippen LogP contribution in [-0.4, -0.2) is 11.5 Å². The van der Waals surface area contributed by atoms with E-state index in [0.717, 1.165) is 17.6 Å². The van der Waals surface area contributed by atoms with E-state index in [4.69, 9.17) is 11.6 Å². The van der Waals surface area contributed by atoms with Crippen molar-refractivity contribution in [2.75, 3.05) is 0 Å². The number of halogens is 2. The van der Waals surface area contributed by atoms with Gasteiger partial charge in [-0.15, -0.1) is 11.6 Å². The molecule has 0 saturated heterocycles. The lowest BCUT2D eigenvalue weighted by molar-refractivity contribution is 0.406. The van der Waals surface area contributed by atoms with E-state index < -0.39 is 11.5 Å². The minimum absolute atomic E-state index is 0.550. The van der Waals surface area contributed by atoms with Crippen molar-refractivity contribution in [1.29, 1.82) is 0 Å². The first-order chi connectivity index (χ1) is 7.70. The Hall–Kier alpha value is -1.08. The van der Waals surface area contributed by atoms with Crippen molar-refractivity contribution in [3.8, 4) is 0 Å². The zero-order valence-corrected chi connectivity index (χ0v) is 9.92. The van der Waals surface area contributed by atoms with Gasteiger partial charge in [0.05, 0.1) is 5.38 Å². The standard InChI is InChI=1S/C14H14ClF/c1-2-10-3-5-11(6-4-10)12-7-8-14(16)13(15)9-12/h3-9,13-14H,2H2,1H3. The van der Waals surface area contributed by atoms with Crippen molar-refractivity contribution < 1.29 is 4.39 Å². The third kappa shape index (κ3) is 2.35. The fourth-order valence-corrected chi connectivity index (χ4v) is 1.97. The van der Waals surface area contributed by atoms with E-state index in [2.05, 4.69) is 31.2 Å². The first kappa shape index (κ1) is 11.4. The second kappa shape index (κ2) is 4.84. The third-order valence-corrected chi connectivity index (χ3v) is 3.16. The predicted molar refractivity (Wildman–Crippen MR) is 67.5 cm³/mol. The first-order valence-electron chi connectivity index (χ1n) is 5.48. The summed E-state index contributed by atoms with van der Waals surface area (Å²) in [4.78, 5) is 0. The van der Waals surface area contributed by atoms with Gasteiger partial charge in [-0.05, 0) is 29.2 Å². The summed E-state index contributed by atoms with van der Waals surface area (Å²) in [5, 5.41) is -0.550. The van der Waals surface area contributed by atoms with E-state index in [1.165, 1.54) is 11.6 Å². The topological polar surface area (TPSA) is 0 Å². The van der Waals surface area contributed by atoms with Crippen LogP contribution in [-0.2, 0) is 6.42 Å². The Morgan fingerprint density at radius 3 is 2.50 bits per heavy atom. The highest BCUT2D eigenvalue weighted by Crippen LogP contribution is 2.25. The maximum atomic E-state index is 13.1. The summed E-state index contributed by atoms with van der Waals surface area (Å²) in [5.74, 6) is 0. The zero-order valence-electron chi connectivity index (χ0n) is 9.16. The van der Waals surface area contributed by atoms with Gasteiger partial charge in [0.15, 0.2) is 0 Å². The van der Waals surface area contributed by atoms with E-state index in [-0.39, 0.29) is 0 Å². The Balaban J connectivity index is 2.25. The van der Waals surface area contributed by atoms with Gasteiger partial charge in [-0.1, -0.05) is 43.3 Å². The second-order valence-electron chi connectivity index (χ2n) is 3.92.